The molecule has 0 aliphatic carbocycles. The first-order chi connectivity index (χ1) is 17.2. The number of aliphatic hydroxyl groups is 1. The lowest BCUT2D eigenvalue weighted by Crippen LogP contribution is -2.39. The summed E-state index contributed by atoms with van der Waals surface area (Å²) in [5, 5.41) is 13.0. The number of hydrogen-bond acceptors (Lipinski definition) is 6. The van der Waals surface area contributed by atoms with E-state index < -0.39 is 6.10 Å². The van der Waals surface area contributed by atoms with E-state index in [1.807, 2.05) is 36.4 Å². The third-order valence-electron chi connectivity index (χ3n) is 6.73. The fraction of sp³-hybridized carbons (Fsp3) is 0.214. The van der Waals surface area contributed by atoms with E-state index in [4.69, 9.17) is 4.74 Å². The number of ether oxygens (including phenoxy) is 1. The molecule has 1 fully saturated rings. The lowest BCUT2D eigenvalue weighted by Gasteiger charge is -2.29. The monoisotopic (exact) mass is 464 g/mol. The fourth-order valence-electron chi connectivity index (χ4n) is 4.93. The maximum absolute atomic E-state index is 13.6. The zero-order valence-electron chi connectivity index (χ0n) is 19.0. The second kappa shape index (κ2) is 9.02. The zero-order valence-corrected chi connectivity index (χ0v) is 19.0. The number of rotatable bonds is 4. The van der Waals surface area contributed by atoms with E-state index in [0.29, 0.717) is 30.4 Å². The highest BCUT2D eigenvalue weighted by Crippen LogP contribution is 2.29. The van der Waals surface area contributed by atoms with Crippen LogP contribution in [0.15, 0.2) is 84.3 Å². The van der Waals surface area contributed by atoms with Gasteiger partial charge < -0.3 is 9.84 Å². The number of fused-ring (bicyclic) bond motifs is 3. The van der Waals surface area contributed by atoms with Crippen molar-refractivity contribution in [2.24, 2.45) is 0 Å². The van der Waals surface area contributed by atoms with Gasteiger partial charge in [0.05, 0.1) is 47.9 Å². The number of benzene rings is 3. The van der Waals surface area contributed by atoms with Crippen molar-refractivity contribution in [2.75, 3.05) is 13.2 Å². The van der Waals surface area contributed by atoms with Gasteiger partial charge in [0, 0.05) is 30.0 Å². The molecule has 2 aromatic heterocycles. The van der Waals surface area contributed by atoms with Gasteiger partial charge in [0.1, 0.15) is 0 Å². The van der Waals surface area contributed by atoms with Gasteiger partial charge in [0.2, 0.25) is 0 Å². The highest BCUT2D eigenvalue weighted by atomic mass is 16.5. The maximum atomic E-state index is 13.6. The lowest BCUT2D eigenvalue weighted by molar-refractivity contribution is -0.0395. The van der Waals surface area contributed by atoms with Crippen molar-refractivity contribution in [1.29, 1.82) is 0 Å². The Morgan fingerprint density at radius 3 is 2.60 bits per heavy atom. The summed E-state index contributed by atoms with van der Waals surface area (Å²) in [7, 11) is 0. The molecule has 1 aliphatic rings. The van der Waals surface area contributed by atoms with Crippen LogP contribution in [0.3, 0.4) is 0 Å². The minimum Gasteiger partial charge on any atom is -0.389 e. The third-order valence-corrected chi connectivity index (χ3v) is 6.73. The van der Waals surface area contributed by atoms with Gasteiger partial charge in [-0.3, -0.25) is 19.3 Å². The summed E-state index contributed by atoms with van der Waals surface area (Å²) in [6, 6.07) is 18.0. The summed E-state index contributed by atoms with van der Waals surface area (Å²) < 4.78 is 6.92. The first-order valence-electron chi connectivity index (χ1n) is 11.7. The van der Waals surface area contributed by atoms with Gasteiger partial charge in [-0.05, 0) is 35.4 Å². The molecule has 1 N–H and O–H groups in total. The molecule has 0 spiro atoms. The van der Waals surface area contributed by atoms with Gasteiger partial charge >= 0.3 is 0 Å². The molecule has 6 rings (SSSR count). The minimum absolute atomic E-state index is 0.133. The first-order valence-corrected chi connectivity index (χ1v) is 11.7. The molecule has 0 radical (unpaired) electrons. The van der Waals surface area contributed by atoms with Crippen LogP contribution in [0.2, 0.25) is 0 Å². The van der Waals surface area contributed by atoms with Crippen LogP contribution in [0, 0.1) is 0 Å². The maximum Gasteiger partial charge on any atom is 0.261 e. The Hall–Kier alpha value is -3.94. The van der Waals surface area contributed by atoms with E-state index in [9.17, 15) is 9.90 Å². The van der Waals surface area contributed by atoms with E-state index in [0.717, 1.165) is 33.2 Å². The van der Waals surface area contributed by atoms with Gasteiger partial charge in [-0.2, -0.15) is 0 Å². The van der Waals surface area contributed by atoms with Gasteiger partial charge in [-0.25, -0.2) is 4.98 Å². The molecule has 35 heavy (non-hydrogen) atoms. The Morgan fingerprint density at radius 2 is 1.83 bits per heavy atom. The Balaban J connectivity index is 1.44. The van der Waals surface area contributed by atoms with E-state index >= 15 is 0 Å². The SMILES string of the molecule is O=c1c2cc(Cc3ccc(-c4cnccn4)cc3)c3ccccc3c2ncn1[C@H]1CCOC[C@@H]1O. The topological polar surface area (TPSA) is 90.1 Å². The molecule has 0 saturated carbocycles. The van der Waals surface area contributed by atoms with Crippen molar-refractivity contribution in [3.8, 4) is 11.3 Å². The van der Waals surface area contributed by atoms with Crippen LogP contribution in [0.25, 0.3) is 32.9 Å². The number of aliphatic hydroxyl groups excluding tert-OH is 1. The predicted octanol–water partition coefficient (Wildman–Crippen LogP) is 3.92. The summed E-state index contributed by atoms with van der Waals surface area (Å²) in [4.78, 5) is 26.8. The van der Waals surface area contributed by atoms with Crippen molar-refractivity contribution in [3.63, 3.8) is 0 Å². The van der Waals surface area contributed by atoms with Gasteiger partial charge in [0.15, 0.2) is 0 Å². The molecule has 1 aliphatic heterocycles. The molecule has 2 atom stereocenters. The molecule has 3 heterocycles. The summed E-state index contributed by atoms with van der Waals surface area (Å²) in [6.45, 7) is 0.738. The van der Waals surface area contributed by atoms with Crippen LogP contribution in [0.4, 0.5) is 0 Å². The Morgan fingerprint density at radius 1 is 1.00 bits per heavy atom. The molecule has 1 saturated heterocycles. The largest absolute Gasteiger partial charge is 0.389 e. The molecular formula is C28H24N4O3. The predicted molar refractivity (Wildman–Crippen MR) is 134 cm³/mol. The van der Waals surface area contributed by atoms with E-state index in [2.05, 4.69) is 33.2 Å². The Labute approximate surface area is 201 Å². The van der Waals surface area contributed by atoms with Crippen LogP contribution in [0.1, 0.15) is 23.6 Å². The fourth-order valence-corrected chi connectivity index (χ4v) is 4.93. The summed E-state index contributed by atoms with van der Waals surface area (Å²) in [6.07, 6.45) is 7.19. The second-order valence-electron chi connectivity index (χ2n) is 8.90. The molecular weight excluding hydrogens is 440 g/mol. The third kappa shape index (κ3) is 3.99. The van der Waals surface area contributed by atoms with E-state index in [-0.39, 0.29) is 18.2 Å². The van der Waals surface area contributed by atoms with Gasteiger partial charge in [0.25, 0.3) is 5.56 Å². The highest BCUT2D eigenvalue weighted by molar-refractivity contribution is 6.06. The normalized spacial score (nSPS) is 18.2. The van der Waals surface area contributed by atoms with Crippen molar-refractivity contribution in [2.45, 2.75) is 25.0 Å². The molecule has 0 bridgehead atoms. The van der Waals surface area contributed by atoms with Gasteiger partial charge in [-0.15, -0.1) is 0 Å². The molecule has 7 heteroatoms. The molecule has 5 aromatic rings. The number of aromatic nitrogens is 4. The lowest BCUT2D eigenvalue weighted by atomic mass is 9.95. The van der Waals surface area contributed by atoms with E-state index in [1.54, 1.807) is 29.5 Å². The van der Waals surface area contributed by atoms with Crippen molar-refractivity contribution in [1.82, 2.24) is 19.5 Å². The first kappa shape index (κ1) is 21.6. The summed E-state index contributed by atoms with van der Waals surface area (Å²) in [5.74, 6) is 0. The zero-order chi connectivity index (χ0) is 23.8. The Bertz CT molecular complexity index is 1570. The van der Waals surface area contributed by atoms with Crippen LogP contribution in [-0.2, 0) is 11.2 Å². The standard InChI is InChI=1S/C28H24N4O3/c33-26-16-35-12-9-25(26)32-17-31-27-22-4-2-1-3-21(22)20(14-23(27)28(32)34)13-18-5-7-19(8-6-18)24-15-29-10-11-30-24/h1-8,10-11,14-15,17,25-26,33H,9,12-13,16H2/t25-,26-/m0/s1. The quantitative estimate of drug-likeness (QED) is 0.406. The molecule has 174 valence electrons. The molecule has 7 nitrogen and oxygen atoms in total. The molecule has 3 aromatic carbocycles. The van der Waals surface area contributed by atoms with Gasteiger partial charge in [-0.1, -0.05) is 48.5 Å². The summed E-state index contributed by atoms with van der Waals surface area (Å²) >= 11 is 0. The van der Waals surface area contributed by atoms with Crippen LogP contribution >= 0.6 is 0 Å². The Kier molecular flexibility index (Phi) is 5.56. The molecule has 0 amide bonds. The van der Waals surface area contributed by atoms with Crippen LogP contribution < -0.4 is 5.56 Å². The smallest absolute Gasteiger partial charge is 0.261 e. The minimum atomic E-state index is -0.728. The van der Waals surface area contributed by atoms with Crippen LogP contribution in [-0.4, -0.2) is 43.9 Å². The average Bonchev–Trinajstić information content (AvgIpc) is 2.91. The number of nitrogens with zero attached hydrogens (tertiary/aromatic N) is 4. The number of hydrogen-bond donors (Lipinski definition) is 1. The van der Waals surface area contributed by atoms with E-state index in [1.165, 1.54) is 0 Å². The van der Waals surface area contributed by atoms with Crippen molar-refractivity contribution < 1.29 is 9.84 Å². The molecule has 0 unspecified atom stereocenters. The van der Waals surface area contributed by atoms with Crippen LogP contribution in [0.5, 0.6) is 0 Å². The highest BCUT2D eigenvalue weighted by Gasteiger charge is 2.27. The van der Waals surface area contributed by atoms with Crippen molar-refractivity contribution in [3.05, 3.63) is 101 Å². The summed E-state index contributed by atoms with van der Waals surface area (Å²) in [5.41, 5.74) is 4.58. The second-order valence-corrected chi connectivity index (χ2v) is 8.90. The van der Waals surface area contributed by atoms with Crippen molar-refractivity contribution >= 4 is 21.7 Å². The average molecular weight is 465 g/mol.